The highest BCUT2D eigenvalue weighted by Crippen LogP contribution is 2.32. The number of likely N-dealkylation sites (tertiary alicyclic amines) is 1. The highest BCUT2D eigenvalue weighted by molar-refractivity contribution is 7.19. The Labute approximate surface area is 188 Å². The van der Waals surface area contributed by atoms with E-state index in [4.69, 9.17) is 19.6 Å². The molecule has 0 amide bonds. The van der Waals surface area contributed by atoms with Crippen LogP contribution in [0.1, 0.15) is 24.1 Å². The fourth-order valence-corrected chi connectivity index (χ4v) is 5.05. The molecule has 1 aromatic carbocycles. The van der Waals surface area contributed by atoms with Crippen LogP contribution in [-0.4, -0.2) is 54.0 Å². The number of thiazole rings is 1. The summed E-state index contributed by atoms with van der Waals surface area (Å²) in [5.41, 5.74) is 3.07. The van der Waals surface area contributed by atoms with Crippen molar-refractivity contribution >= 4 is 16.5 Å². The molecule has 0 spiro atoms. The maximum Gasteiger partial charge on any atom is 0.183 e. The molecule has 0 aliphatic carbocycles. The first-order chi connectivity index (χ1) is 15.0. The van der Waals surface area contributed by atoms with Crippen molar-refractivity contribution in [3.63, 3.8) is 0 Å². The third kappa shape index (κ3) is 5.37. The van der Waals surface area contributed by atoms with Crippen molar-refractivity contribution in [2.45, 2.75) is 32.9 Å². The first-order valence-corrected chi connectivity index (χ1v) is 11.5. The Bertz CT molecular complexity index is 993. The number of benzene rings is 1. The number of nitrogens with zero attached hydrogens (tertiary/aromatic N) is 4. The fourth-order valence-electron chi connectivity index (χ4n) is 4.13. The van der Waals surface area contributed by atoms with Crippen LogP contribution in [0.2, 0.25) is 0 Å². The number of hydrogen-bond acceptors (Lipinski definition) is 7. The second-order valence-electron chi connectivity index (χ2n) is 8.20. The fraction of sp³-hybridized carbons (Fsp3) is 0.478. The molecule has 166 valence electrons. The van der Waals surface area contributed by atoms with Crippen LogP contribution in [0.3, 0.4) is 0 Å². The molecule has 7 nitrogen and oxygen atoms in total. The zero-order valence-electron chi connectivity index (χ0n) is 18.7. The molecule has 1 unspecified atom stereocenters. The van der Waals surface area contributed by atoms with Crippen molar-refractivity contribution in [2.24, 2.45) is 5.92 Å². The molecule has 31 heavy (non-hydrogen) atoms. The Kier molecular flexibility index (Phi) is 6.77. The quantitative estimate of drug-likeness (QED) is 0.563. The van der Waals surface area contributed by atoms with Gasteiger partial charge in [0.25, 0.3) is 0 Å². The monoisotopic (exact) mass is 441 g/mol. The molecule has 0 radical (unpaired) electrons. The van der Waals surface area contributed by atoms with Crippen LogP contribution in [0.4, 0.5) is 5.13 Å². The molecule has 0 saturated carbocycles. The van der Waals surface area contributed by atoms with Gasteiger partial charge in [0.05, 0.1) is 24.8 Å². The van der Waals surface area contributed by atoms with Crippen LogP contribution in [0, 0.1) is 12.8 Å². The van der Waals surface area contributed by atoms with E-state index in [0.717, 1.165) is 51.5 Å². The minimum absolute atomic E-state index is 0.642. The summed E-state index contributed by atoms with van der Waals surface area (Å²) >= 11 is 1.64. The maximum atomic E-state index is 5.36. The Hall–Kier alpha value is -2.58. The molecular formula is C23H31N5O2S. The van der Waals surface area contributed by atoms with Crippen molar-refractivity contribution in [3.05, 3.63) is 41.7 Å². The van der Waals surface area contributed by atoms with E-state index in [2.05, 4.69) is 34.2 Å². The van der Waals surface area contributed by atoms with Gasteiger partial charge in [-0.2, -0.15) is 5.10 Å². The normalized spacial score (nSPS) is 17.0. The van der Waals surface area contributed by atoms with Gasteiger partial charge in [-0.25, -0.2) is 4.98 Å². The minimum atomic E-state index is 0.642. The van der Waals surface area contributed by atoms with Crippen LogP contribution >= 0.6 is 11.3 Å². The highest BCUT2D eigenvalue weighted by atomic mass is 32.1. The van der Waals surface area contributed by atoms with Crippen LogP contribution < -0.4 is 14.8 Å². The van der Waals surface area contributed by atoms with Gasteiger partial charge in [0.15, 0.2) is 5.13 Å². The van der Waals surface area contributed by atoms with E-state index in [9.17, 15) is 0 Å². The summed E-state index contributed by atoms with van der Waals surface area (Å²) in [5.74, 6) is 2.23. The first-order valence-electron chi connectivity index (χ1n) is 10.7. The average molecular weight is 442 g/mol. The summed E-state index contributed by atoms with van der Waals surface area (Å²) in [5, 5.41) is 9.16. The smallest absolute Gasteiger partial charge is 0.183 e. The summed E-state index contributed by atoms with van der Waals surface area (Å²) in [7, 11) is 5.53. The molecule has 0 bridgehead atoms. The maximum absolute atomic E-state index is 5.36. The van der Waals surface area contributed by atoms with E-state index in [1.54, 1.807) is 25.6 Å². The molecule has 1 saturated heterocycles. The Morgan fingerprint density at radius 1 is 1.19 bits per heavy atom. The summed E-state index contributed by atoms with van der Waals surface area (Å²) in [4.78, 5) is 8.25. The number of aryl methyl sites for hydroxylation is 1. The van der Waals surface area contributed by atoms with Crippen LogP contribution in [0.5, 0.6) is 11.5 Å². The van der Waals surface area contributed by atoms with E-state index in [1.165, 1.54) is 19.4 Å². The van der Waals surface area contributed by atoms with Gasteiger partial charge in [0.1, 0.15) is 17.2 Å². The lowest BCUT2D eigenvalue weighted by atomic mass is 9.99. The van der Waals surface area contributed by atoms with E-state index in [-0.39, 0.29) is 0 Å². The van der Waals surface area contributed by atoms with Crippen molar-refractivity contribution < 1.29 is 9.47 Å². The largest absolute Gasteiger partial charge is 0.497 e. The minimum Gasteiger partial charge on any atom is -0.497 e. The Morgan fingerprint density at radius 3 is 2.68 bits per heavy atom. The van der Waals surface area contributed by atoms with Gasteiger partial charge in [-0.1, -0.05) is 11.3 Å². The zero-order chi connectivity index (χ0) is 21.8. The van der Waals surface area contributed by atoms with Crippen molar-refractivity contribution in [3.8, 4) is 22.1 Å². The lowest BCUT2D eigenvalue weighted by Crippen LogP contribution is -2.34. The molecule has 2 aromatic heterocycles. The number of ether oxygens (including phenoxy) is 2. The van der Waals surface area contributed by atoms with Crippen molar-refractivity contribution in [1.29, 1.82) is 0 Å². The van der Waals surface area contributed by atoms with Gasteiger partial charge in [-0.15, -0.1) is 0 Å². The topological polar surface area (TPSA) is 64.4 Å². The standard InChI is InChI=1S/C23H31N5O2S/c1-16-22(21-7-9-28(26-21)15-17-6-5-8-27(2)14-17)31-23(25-16)24-13-18-10-19(29-3)12-20(11-18)30-4/h7,9-12,17H,5-6,8,13-15H2,1-4H3,(H,24,25). The molecular weight excluding hydrogens is 410 g/mol. The van der Waals surface area contributed by atoms with Gasteiger partial charge >= 0.3 is 0 Å². The Balaban J connectivity index is 1.42. The summed E-state index contributed by atoms with van der Waals surface area (Å²) in [6.45, 7) is 6.02. The SMILES string of the molecule is COc1cc(CNc2nc(C)c(-c3ccn(CC4CCCN(C)C4)n3)s2)cc(OC)c1. The molecule has 1 N–H and O–H groups in total. The van der Waals surface area contributed by atoms with Gasteiger partial charge in [-0.3, -0.25) is 4.68 Å². The second kappa shape index (κ2) is 9.70. The van der Waals surface area contributed by atoms with E-state index >= 15 is 0 Å². The summed E-state index contributed by atoms with van der Waals surface area (Å²) in [6, 6.07) is 7.98. The molecule has 1 atom stereocenters. The van der Waals surface area contributed by atoms with Crippen molar-refractivity contribution in [1.82, 2.24) is 19.7 Å². The van der Waals surface area contributed by atoms with E-state index in [0.29, 0.717) is 12.5 Å². The van der Waals surface area contributed by atoms with Gasteiger partial charge in [0, 0.05) is 31.9 Å². The third-order valence-electron chi connectivity index (χ3n) is 5.69. The van der Waals surface area contributed by atoms with Crippen LogP contribution in [0.25, 0.3) is 10.6 Å². The molecule has 4 rings (SSSR count). The number of anilines is 1. The summed E-state index contributed by atoms with van der Waals surface area (Å²) < 4.78 is 12.8. The number of aromatic nitrogens is 3. The Morgan fingerprint density at radius 2 is 1.97 bits per heavy atom. The average Bonchev–Trinajstić information content (AvgIpc) is 3.38. The third-order valence-corrected chi connectivity index (χ3v) is 6.83. The van der Waals surface area contributed by atoms with Gasteiger partial charge < -0.3 is 19.7 Å². The number of rotatable bonds is 8. The molecule has 8 heteroatoms. The van der Waals surface area contributed by atoms with Gasteiger partial charge in [0.2, 0.25) is 0 Å². The predicted octanol–water partition coefficient (Wildman–Crippen LogP) is 4.29. The molecule has 1 aliphatic rings. The van der Waals surface area contributed by atoms with Crippen LogP contribution in [0.15, 0.2) is 30.5 Å². The lowest BCUT2D eigenvalue weighted by molar-refractivity contribution is 0.191. The number of nitrogens with one attached hydrogen (secondary N) is 1. The number of methoxy groups -OCH3 is 2. The molecule has 3 aromatic rings. The van der Waals surface area contributed by atoms with Crippen molar-refractivity contribution in [2.75, 3.05) is 39.7 Å². The molecule has 3 heterocycles. The van der Waals surface area contributed by atoms with Crippen LogP contribution in [-0.2, 0) is 13.1 Å². The first kappa shape index (κ1) is 21.6. The zero-order valence-corrected chi connectivity index (χ0v) is 19.5. The number of piperidine rings is 1. The highest BCUT2D eigenvalue weighted by Gasteiger charge is 2.19. The summed E-state index contributed by atoms with van der Waals surface area (Å²) in [6.07, 6.45) is 4.65. The predicted molar refractivity (Wildman–Crippen MR) is 125 cm³/mol. The van der Waals surface area contributed by atoms with Gasteiger partial charge in [-0.05, 0) is 63.0 Å². The van der Waals surface area contributed by atoms with E-state index < -0.39 is 0 Å². The second-order valence-corrected chi connectivity index (χ2v) is 9.20. The lowest BCUT2D eigenvalue weighted by Gasteiger charge is -2.29. The molecule has 1 aliphatic heterocycles. The number of hydrogen-bond donors (Lipinski definition) is 1. The molecule has 1 fully saturated rings. The van der Waals surface area contributed by atoms with E-state index in [1.807, 2.05) is 25.1 Å².